The number of thiophene rings is 1. The lowest BCUT2D eigenvalue weighted by Crippen LogP contribution is -2.37. The smallest absolute Gasteiger partial charge is 0.274 e. The molecular weight excluding hydrogens is 298 g/mol. The molecule has 116 valence electrons. The fraction of sp³-hybridized carbons (Fsp3) is 0.438. The zero-order valence-electron chi connectivity index (χ0n) is 12.6. The van der Waals surface area contributed by atoms with Crippen molar-refractivity contribution in [2.75, 3.05) is 6.54 Å². The van der Waals surface area contributed by atoms with Gasteiger partial charge >= 0.3 is 0 Å². The molecule has 0 fully saturated rings. The highest BCUT2D eigenvalue weighted by atomic mass is 32.1. The molecule has 3 heterocycles. The van der Waals surface area contributed by atoms with Crippen LogP contribution in [0.5, 0.6) is 0 Å². The Kier molecular flexibility index (Phi) is 4.38. The van der Waals surface area contributed by atoms with Crippen molar-refractivity contribution in [1.82, 2.24) is 14.7 Å². The maximum atomic E-state index is 12.6. The highest BCUT2D eigenvalue weighted by Gasteiger charge is 2.23. The van der Waals surface area contributed by atoms with E-state index in [2.05, 4.69) is 23.5 Å². The number of hydrogen-bond acceptors (Lipinski definition) is 4. The van der Waals surface area contributed by atoms with Gasteiger partial charge in [0.05, 0.1) is 0 Å². The fourth-order valence-corrected chi connectivity index (χ4v) is 3.50. The van der Waals surface area contributed by atoms with Crippen LogP contribution in [-0.4, -0.2) is 27.1 Å². The van der Waals surface area contributed by atoms with Gasteiger partial charge in [-0.3, -0.25) is 9.59 Å². The summed E-state index contributed by atoms with van der Waals surface area (Å²) in [4.78, 5) is 27.6. The molecule has 0 aliphatic carbocycles. The molecule has 0 unspecified atom stereocenters. The van der Waals surface area contributed by atoms with E-state index in [0.29, 0.717) is 25.3 Å². The molecule has 2 aromatic rings. The van der Waals surface area contributed by atoms with Gasteiger partial charge in [0.25, 0.3) is 11.5 Å². The molecule has 1 aliphatic rings. The summed E-state index contributed by atoms with van der Waals surface area (Å²) in [5, 5.41) is 6.32. The van der Waals surface area contributed by atoms with E-state index < -0.39 is 0 Å². The zero-order chi connectivity index (χ0) is 15.5. The first-order valence-electron chi connectivity index (χ1n) is 7.61. The molecule has 0 aromatic carbocycles. The summed E-state index contributed by atoms with van der Waals surface area (Å²) in [6.45, 7) is 3.97. The maximum absolute atomic E-state index is 12.6. The van der Waals surface area contributed by atoms with E-state index in [4.69, 9.17) is 0 Å². The number of rotatable bonds is 4. The minimum absolute atomic E-state index is 0.0953. The van der Waals surface area contributed by atoms with Gasteiger partial charge in [-0.2, -0.15) is 5.10 Å². The van der Waals surface area contributed by atoms with Gasteiger partial charge in [-0.15, -0.1) is 11.3 Å². The number of fused-ring (bicyclic) bond motifs is 1. The Hall–Kier alpha value is -1.95. The third kappa shape index (κ3) is 2.97. The minimum Gasteiger partial charge on any atom is -0.333 e. The lowest BCUT2D eigenvalue weighted by atomic mass is 10.1. The van der Waals surface area contributed by atoms with Crippen LogP contribution in [0, 0.1) is 0 Å². The number of aryl methyl sites for hydroxylation is 1. The van der Waals surface area contributed by atoms with Gasteiger partial charge in [-0.05, 0) is 35.9 Å². The zero-order valence-corrected chi connectivity index (χ0v) is 13.4. The maximum Gasteiger partial charge on any atom is 0.274 e. The van der Waals surface area contributed by atoms with E-state index in [1.807, 2.05) is 4.90 Å². The molecule has 6 heteroatoms. The quantitative estimate of drug-likeness (QED) is 0.869. The molecule has 1 amide bonds. The summed E-state index contributed by atoms with van der Waals surface area (Å²) in [5.74, 6) is -0.0953. The normalized spacial score (nSPS) is 14.0. The van der Waals surface area contributed by atoms with E-state index in [1.54, 1.807) is 11.3 Å². The van der Waals surface area contributed by atoms with Crippen LogP contribution in [0.1, 0.15) is 40.7 Å². The molecule has 2 aromatic heterocycles. The molecule has 0 bridgehead atoms. The van der Waals surface area contributed by atoms with Gasteiger partial charge in [0.2, 0.25) is 0 Å². The summed E-state index contributed by atoms with van der Waals surface area (Å²) >= 11 is 1.75. The number of carbonyl (C=O) groups excluding carboxylic acids is 1. The van der Waals surface area contributed by atoms with Crippen molar-refractivity contribution in [3.63, 3.8) is 0 Å². The molecule has 0 radical (unpaired) electrons. The van der Waals surface area contributed by atoms with Crippen molar-refractivity contribution >= 4 is 17.2 Å². The second-order valence-electron chi connectivity index (χ2n) is 5.48. The molecule has 0 N–H and O–H groups in total. The first kappa shape index (κ1) is 15.0. The lowest BCUT2D eigenvalue weighted by Gasteiger charge is -2.26. The van der Waals surface area contributed by atoms with Crippen molar-refractivity contribution in [2.24, 2.45) is 0 Å². The van der Waals surface area contributed by atoms with Gasteiger partial charge in [-0.25, -0.2) is 4.68 Å². The van der Waals surface area contributed by atoms with Gasteiger partial charge in [0, 0.05) is 30.6 Å². The SMILES string of the molecule is CCCCn1nc(C(=O)N2CCc3sccc3C2)ccc1=O. The first-order chi connectivity index (χ1) is 10.7. The highest BCUT2D eigenvalue weighted by Crippen LogP contribution is 2.24. The van der Waals surface area contributed by atoms with E-state index in [-0.39, 0.29) is 11.5 Å². The van der Waals surface area contributed by atoms with Crippen LogP contribution >= 0.6 is 11.3 Å². The van der Waals surface area contributed by atoms with Crippen molar-refractivity contribution < 1.29 is 4.79 Å². The fourth-order valence-electron chi connectivity index (χ4n) is 2.61. The summed E-state index contributed by atoms with van der Waals surface area (Å²) < 4.78 is 1.40. The molecule has 3 rings (SSSR count). The predicted molar refractivity (Wildman–Crippen MR) is 86.2 cm³/mol. The molecule has 22 heavy (non-hydrogen) atoms. The monoisotopic (exact) mass is 317 g/mol. The Balaban J connectivity index is 1.79. The van der Waals surface area contributed by atoms with Crippen LogP contribution in [0.3, 0.4) is 0 Å². The molecule has 0 spiro atoms. The Labute approximate surface area is 133 Å². The van der Waals surface area contributed by atoms with Gasteiger partial charge in [-0.1, -0.05) is 13.3 Å². The van der Waals surface area contributed by atoms with Crippen LogP contribution in [0.25, 0.3) is 0 Å². The molecule has 0 saturated carbocycles. The van der Waals surface area contributed by atoms with E-state index in [0.717, 1.165) is 19.3 Å². The summed E-state index contributed by atoms with van der Waals surface area (Å²) in [6, 6.07) is 5.06. The van der Waals surface area contributed by atoms with Crippen LogP contribution in [0.2, 0.25) is 0 Å². The Morgan fingerprint density at radius 3 is 3.05 bits per heavy atom. The summed E-state index contributed by atoms with van der Waals surface area (Å²) in [5.41, 5.74) is 1.43. The third-order valence-electron chi connectivity index (χ3n) is 3.90. The second-order valence-corrected chi connectivity index (χ2v) is 6.48. The van der Waals surface area contributed by atoms with Crippen LogP contribution in [0.4, 0.5) is 0 Å². The number of amides is 1. The van der Waals surface area contributed by atoms with Gasteiger partial charge in [0.15, 0.2) is 0 Å². The standard InChI is InChI=1S/C16H19N3O2S/c1-2-3-8-19-15(20)5-4-13(17-19)16(21)18-9-6-14-12(11-18)7-10-22-14/h4-5,7,10H,2-3,6,8-9,11H2,1H3. The van der Waals surface area contributed by atoms with Crippen LogP contribution in [-0.2, 0) is 19.5 Å². The Morgan fingerprint density at radius 1 is 1.36 bits per heavy atom. The van der Waals surface area contributed by atoms with Crippen LogP contribution < -0.4 is 5.56 Å². The molecule has 0 saturated heterocycles. The summed E-state index contributed by atoms with van der Waals surface area (Å²) in [7, 11) is 0. The first-order valence-corrected chi connectivity index (χ1v) is 8.49. The van der Waals surface area contributed by atoms with Crippen molar-refractivity contribution in [3.8, 4) is 0 Å². The van der Waals surface area contributed by atoms with E-state index in [1.165, 1.54) is 27.3 Å². The molecule has 0 atom stereocenters. The Morgan fingerprint density at radius 2 is 2.23 bits per heavy atom. The number of carbonyl (C=O) groups is 1. The van der Waals surface area contributed by atoms with Crippen molar-refractivity contribution in [3.05, 3.63) is 50.1 Å². The molecule has 1 aliphatic heterocycles. The third-order valence-corrected chi connectivity index (χ3v) is 4.93. The topological polar surface area (TPSA) is 55.2 Å². The number of nitrogens with zero attached hydrogens (tertiary/aromatic N) is 3. The minimum atomic E-state index is -0.149. The van der Waals surface area contributed by atoms with E-state index in [9.17, 15) is 9.59 Å². The molecular formula is C16H19N3O2S. The molecule has 5 nitrogen and oxygen atoms in total. The van der Waals surface area contributed by atoms with Crippen molar-refractivity contribution in [1.29, 1.82) is 0 Å². The average molecular weight is 317 g/mol. The summed E-state index contributed by atoms with van der Waals surface area (Å²) in [6.07, 6.45) is 2.76. The lowest BCUT2D eigenvalue weighted by molar-refractivity contribution is 0.0727. The largest absolute Gasteiger partial charge is 0.333 e. The van der Waals surface area contributed by atoms with E-state index >= 15 is 0 Å². The van der Waals surface area contributed by atoms with Crippen LogP contribution in [0.15, 0.2) is 28.4 Å². The number of aromatic nitrogens is 2. The Bertz CT molecular complexity index is 735. The second kappa shape index (κ2) is 6.44. The number of unbranched alkanes of at least 4 members (excludes halogenated alkanes) is 1. The van der Waals surface area contributed by atoms with Crippen molar-refractivity contribution in [2.45, 2.75) is 39.3 Å². The number of hydrogen-bond donors (Lipinski definition) is 0. The predicted octanol–water partition coefficient (Wildman–Crippen LogP) is 2.30. The van der Waals surface area contributed by atoms with Gasteiger partial charge < -0.3 is 4.90 Å². The van der Waals surface area contributed by atoms with Gasteiger partial charge in [0.1, 0.15) is 5.69 Å². The highest BCUT2D eigenvalue weighted by molar-refractivity contribution is 7.10. The average Bonchev–Trinajstić information content (AvgIpc) is 3.01.